The Morgan fingerprint density at radius 1 is 1.14 bits per heavy atom. The topological polar surface area (TPSA) is 72.9 Å². The van der Waals surface area contributed by atoms with Crippen LogP contribution < -0.4 is 5.32 Å². The molecule has 0 spiro atoms. The van der Waals surface area contributed by atoms with Gasteiger partial charge in [-0.3, -0.25) is 14.5 Å². The minimum Gasteiger partial charge on any atom is -0.395 e. The number of aliphatic hydroxyl groups is 1. The number of carbonyl (C=O) groups is 2. The molecule has 0 radical (unpaired) electrons. The molecule has 21 heavy (non-hydrogen) atoms. The van der Waals surface area contributed by atoms with Gasteiger partial charge in [-0.1, -0.05) is 13.3 Å². The first-order chi connectivity index (χ1) is 9.94. The highest BCUT2D eigenvalue weighted by atomic mass is 16.3. The largest absolute Gasteiger partial charge is 0.395 e. The van der Waals surface area contributed by atoms with Crippen LogP contribution in [0.25, 0.3) is 0 Å². The molecular weight excluding hydrogens is 270 g/mol. The first-order valence-electron chi connectivity index (χ1n) is 7.84. The molecule has 6 nitrogen and oxygen atoms in total. The van der Waals surface area contributed by atoms with Gasteiger partial charge in [0, 0.05) is 19.1 Å². The summed E-state index contributed by atoms with van der Waals surface area (Å²) in [7, 11) is 0. The molecule has 0 heterocycles. The highest BCUT2D eigenvalue weighted by Crippen LogP contribution is 1.98. The number of nitrogens with zero attached hydrogens (tertiary/aromatic N) is 2. The van der Waals surface area contributed by atoms with Crippen molar-refractivity contribution >= 4 is 11.8 Å². The second kappa shape index (κ2) is 11.5. The van der Waals surface area contributed by atoms with E-state index < -0.39 is 0 Å². The monoisotopic (exact) mass is 301 g/mol. The lowest BCUT2D eigenvalue weighted by atomic mass is 10.3. The third-order valence-corrected chi connectivity index (χ3v) is 3.12. The number of rotatable bonds is 11. The average Bonchev–Trinajstić information content (AvgIpc) is 2.41. The van der Waals surface area contributed by atoms with Crippen LogP contribution in [-0.4, -0.2) is 72.1 Å². The molecule has 124 valence electrons. The summed E-state index contributed by atoms with van der Waals surface area (Å²) in [6, 6.07) is 0.0711. The number of carbonyl (C=O) groups excluding carboxylic acids is 2. The zero-order valence-corrected chi connectivity index (χ0v) is 13.9. The number of aliphatic hydroxyl groups excluding tert-OH is 1. The van der Waals surface area contributed by atoms with Crippen LogP contribution in [-0.2, 0) is 9.59 Å². The normalized spacial score (nSPS) is 11.0. The van der Waals surface area contributed by atoms with Gasteiger partial charge in [0.05, 0.1) is 19.7 Å². The molecule has 0 saturated carbocycles. The Kier molecular flexibility index (Phi) is 10.9. The number of likely N-dealkylation sites (N-methyl/N-ethyl adjacent to an activating group) is 1. The Balaban J connectivity index is 4.43. The van der Waals surface area contributed by atoms with Crippen LogP contribution in [0.1, 0.15) is 40.5 Å². The fourth-order valence-corrected chi connectivity index (χ4v) is 2.00. The molecule has 0 aromatic rings. The van der Waals surface area contributed by atoms with Gasteiger partial charge in [0.2, 0.25) is 11.8 Å². The molecule has 0 atom stereocenters. The van der Waals surface area contributed by atoms with Crippen LogP contribution >= 0.6 is 0 Å². The van der Waals surface area contributed by atoms with Crippen LogP contribution in [0, 0.1) is 0 Å². The predicted molar refractivity (Wildman–Crippen MR) is 84.0 cm³/mol. The van der Waals surface area contributed by atoms with Crippen molar-refractivity contribution in [2.75, 3.05) is 39.3 Å². The summed E-state index contributed by atoms with van der Waals surface area (Å²) in [4.78, 5) is 27.5. The number of amides is 2. The van der Waals surface area contributed by atoms with Crippen molar-refractivity contribution in [2.45, 2.75) is 46.6 Å². The van der Waals surface area contributed by atoms with E-state index in [9.17, 15) is 9.59 Å². The van der Waals surface area contributed by atoms with Crippen molar-refractivity contribution in [3.8, 4) is 0 Å². The molecule has 0 fully saturated rings. The summed E-state index contributed by atoms with van der Waals surface area (Å²) in [6.07, 6.45) is 2.04. The summed E-state index contributed by atoms with van der Waals surface area (Å²) in [5.74, 6) is -0.205. The Morgan fingerprint density at radius 3 is 2.29 bits per heavy atom. The van der Waals surface area contributed by atoms with Gasteiger partial charge < -0.3 is 15.3 Å². The Morgan fingerprint density at radius 2 is 1.81 bits per heavy atom. The molecule has 0 unspecified atom stereocenters. The van der Waals surface area contributed by atoms with E-state index in [4.69, 9.17) is 5.11 Å². The van der Waals surface area contributed by atoms with E-state index in [1.165, 1.54) is 0 Å². The summed E-state index contributed by atoms with van der Waals surface area (Å²) in [5.41, 5.74) is 0. The number of hydrogen-bond donors (Lipinski definition) is 2. The molecule has 2 amide bonds. The molecule has 0 aromatic heterocycles. The number of nitrogens with one attached hydrogen (secondary N) is 1. The van der Waals surface area contributed by atoms with E-state index in [1.54, 1.807) is 4.90 Å². The van der Waals surface area contributed by atoms with E-state index in [2.05, 4.69) is 12.2 Å². The minimum atomic E-state index is -0.137. The van der Waals surface area contributed by atoms with E-state index >= 15 is 0 Å². The summed E-state index contributed by atoms with van der Waals surface area (Å²) in [6.45, 7) is 9.91. The van der Waals surface area contributed by atoms with Gasteiger partial charge in [0.15, 0.2) is 0 Å². The molecule has 6 heteroatoms. The maximum absolute atomic E-state index is 12.3. The zero-order chi connectivity index (χ0) is 16.3. The van der Waals surface area contributed by atoms with Crippen LogP contribution in [0.2, 0.25) is 0 Å². The van der Waals surface area contributed by atoms with Gasteiger partial charge in [0.25, 0.3) is 0 Å². The van der Waals surface area contributed by atoms with E-state index in [0.717, 1.165) is 19.4 Å². The summed E-state index contributed by atoms with van der Waals surface area (Å²) in [5, 5.41) is 11.8. The van der Waals surface area contributed by atoms with Crippen LogP contribution in [0.5, 0.6) is 0 Å². The minimum absolute atomic E-state index is 0.0386. The van der Waals surface area contributed by atoms with E-state index in [0.29, 0.717) is 13.1 Å². The quantitative estimate of drug-likeness (QED) is 0.581. The SMILES string of the molecule is CCCCN(CCO)CC(=O)N(CC)CC(=O)NC(C)C. The van der Waals surface area contributed by atoms with Gasteiger partial charge in [-0.05, 0) is 33.7 Å². The van der Waals surface area contributed by atoms with E-state index in [-0.39, 0.29) is 37.6 Å². The lowest BCUT2D eigenvalue weighted by molar-refractivity contribution is -0.137. The van der Waals surface area contributed by atoms with Crippen molar-refractivity contribution in [1.82, 2.24) is 15.1 Å². The van der Waals surface area contributed by atoms with Gasteiger partial charge in [-0.2, -0.15) is 0 Å². The fourth-order valence-electron chi connectivity index (χ4n) is 2.00. The van der Waals surface area contributed by atoms with Crippen molar-refractivity contribution in [3.63, 3.8) is 0 Å². The third-order valence-electron chi connectivity index (χ3n) is 3.12. The van der Waals surface area contributed by atoms with Gasteiger partial charge >= 0.3 is 0 Å². The molecule has 0 saturated heterocycles. The standard InChI is InChI=1S/C15H31N3O3/c1-5-7-8-17(9-10-19)12-15(21)18(6-2)11-14(20)16-13(3)4/h13,19H,5-12H2,1-4H3,(H,16,20). The first kappa shape index (κ1) is 19.9. The number of unbranched alkanes of at least 4 members (excludes halogenated alkanes) is 1. The average molecular weight is 301 g/mol. The molecule has 0 bridgehead atoms. The smallest absolute Gasteiger partial charge is 0.239 e. The Bertz CT molecular complexity index is 309. The maximum atomic E-state index is 12.3. The molecule has 2 N–H and O–H groups in total. The molecule has 0 aliphatic rings. The van der Waals surface area contributed by atoms with Gasteiger partial charge in [0.1, 0.15) is 0 Å². The van der Waals surface area contributed by atoms with Crippen LogP contribution in [0.4, 0.5) is 0 Å². The molecular formula is C15H31N3O3. The molecule has 0 aliphatic carbocycles. The van der Waals surface area contributed by atoms with Crippen molar-refractivity contribution < 1.29 is 14.7 Å². The van der Waals surface area contributed by atoms with Gasteiger partial charge in [-0.15, -0.1) is 0 Å². The highest BCUT2D eigenvalue weighted by molar-refractivity contribution is 5.85. The van der Waals surface area contributed by atoms with Crippen molar-refractivity contribution in [1.29, 1.82) is 0 Å². The summed E-state index contributed by atoms with van der Waals surface area (Å²) < 4.78 is 0. The van der Waals surface area contributed by atoms with Crippen molar-refractivity contribution in [3.05, 3.63) is 0 Å². The van der Waals surface area contributed by atoms with E-state index in [1.807, 2.05) is 25.7 Å². The molecule has 0 aliphatic heterocycles. The lowest BCUT2D eigenvalue weighted by Gasteiger charge is -2.26. The highest BCUT2D eigenvalue weighted by Gasteiger charge is 2.18. The summed E-state index contributed by atoms with van der Waals surface area (Å²) >= 11 is 0. The molecule has 0 rings (SSSR count). The maximum Gasteiger partial charge on any atom is 0.239 e. The lowest BCUT2D eigenvalue weighted by Crippen LogP contribution is -2.46. The predicted octanol–water partition coefficient (Wildman–Crippen LogP) is 0.454. The van der Waals surface area contributed by atoms with Crippen LogP contribution in [0.15, 0.2) is 0 Å². The third kappa shape index (κ3) is 9.42. The second-order valence-corrected chi connectivity index (χ2v) is 5.48. The molecule has 0 aromatic carbocycles. The Hall–Kier alpha value is -1.14. The zero-order valence-electron chi connectivity index (χ0n) is 13.9. The Labute approximate surface area is 128 Å². The van der Waals surface area contributed by atoms with Crippen LogP contribution in [0.3, 0.4) is 0 Å². The number of hydrogen-bond acceptors (Lipinski definition) is 4. The van der Waals surface area contributed by atoms with Crippen molar-refractivity contribution in [2.24, 2.45) is 0 Å². The fraction of sp³-hybridized carbons (Fsp3) is 0.867. The second-order valence-electron chi connectivity index (χ2n) is 5.48. The van der Waals surface area contributed by atoms with Gasteiger partial charge in [-0.25, -0.2) is 0 Å². The first-order valence-corrected chi connectivity index (χ1v) is 7.84.